The second kappa shape index (κ2) is 5.39. The van der Waals surface area contributed by atoms with Crippen molar-refractivity contribution in [3.05, 3.63) is 33.6 Å². The third-order valence-corrected chi connectivity index (χ3v) is 1.90. The molecule has 0 N–H and O–H groups in total. The Morgan fingerprint density at radius 3 is 2.00 bits per heavy atom. The molecule has 0 radical (unpaired) electrons. The minimum Gasteiger partial charge on any atom is -0.205 e. The van der Waals surface area contributed by atoms with Crippen LogP contribution in [0.15, 0.2) is 12.1 Å². The van der Waals surface area contributed by atoms with E-state index in [9.17, 15) is 4.39 Å². The molecule has 0 nitrogen and oxygen atoms in total. The zero-order valence-electron chi connectivity index (χ0n) is 7.29. The Kier molecular flexibility index (Phi) is 5.27. The number of benzene rings is 1. The van der Waals surface area contributed by atoms with Crippen LogP contribution in [-0.4, -0.2) is 0 Å². The van der Waals surface area contributed by atoms with E-state index in [1.54, 1.807) is 6.92 Å². The highest BCUT2D eigenvalue weighted by Gasteiger charge is 2.02. The van der Waals surface area contributed by atoms with Gasteiger partial charge in [0.05, 0.1) is 5.02 Å². The van der Waals surface area contributed by atoms with Crippen molar-refractivity contribution >= 4 is 23.2 Å². The molecule has 1 rings (SSSR count). The van der Waals surface area contributed by atoms with Crippen LogP contribution in [0.3, 0.4) is 0 Å². The van der Waals surface area contributed by atoms with Gasteiger partial charge < -0.3 is 0 Å². The molecule has 1 aromatic rings. The summed E-state index contributed by atoms with van der Waals surface area (Å²) < 4.78 is 12.5. The number of aryl methyl sites for hydroxylation is 1. The van der Waals surface area contributed by atoms with E-state index in [2.05, 4.69) is 0 Å². The summed E-state index contributed by atoms with van der Waals surface area (Å²) in [7, 11) is 0. The molecule has 0 fully saturated rings. The van der Waals surface area contributed by atoms with Gasteiger partial charge in [-0.05, 0) is 24.6 Å². The fraction of sp³-hybridized carbons (Fsp3) is 0.333. The molecule has 1 aromatic carbocycles. The summed E-state index contributed by atoms with van der Waals surface area (Å²) in [5.41, 5.74) is 0.785. The SMILES string of the molecule is CC.Cc1cc(Cl)c(F)cc1Cl. The van der Waals surface area contributed by atoms with Crippen LogP contribution >= 0.6 is 23.2 Å². The number of hydrogen-bond acceptors (Lipinski definition) is 0. The minimum absolute atomic E-state index is 0.113. The quantitative estimate of drug-likeness (QED) is 0.553. The zero-order chi connectivity index (χ0) is 9.72. The molecule has 68 valence electrons. The van der Waals surface area contributed by atoms with Crippen molar-refractivity contribution in [2.24, 2.45) is 0 Å². The molecule has 0 aliphatic carbocycles. The first kappa shape index (κ1) is 11.7. The van der Waals surface area contributed by atoms with E-state index in [0.717, 1.165) is 5.56 Å². The summed E-state index contributed by atoms with van der Waals surface area (Å²) in [4.78, 5) is 0. The van der Waals surface area contributed by atoms with Gasteiger partial charge in [-0.1, -0.05) is 37.0 Å². The molecule has 3 heteroatoms. The van der Waals surface area contributed by atoms with Gasteiger partial charge in [-0.2, -0.15) is 0 Å². The van der Waals surface area contributed by atoms with Crippen molar-refractivity contribution in [1.82, 2.24) is 0 Å². The monoisotopic (exact) mass is 208 g/mol. The first-order valence-electron chi connectivity index (χ1n) is 3.72. The highest BCUT2D eigenvalue weighted by Crippen LogP contribution is 2.22. The summed E-state index contributed by atoms with van der Waals surface area (Å²) in [6, 6.07) is 2.71. The lowest BCUT2D eigenvalue weighted by molar-refractivity contribution is 0.628. The van der Waals surface area contributed by atoms with Crippen LogP contribution in [0.5, 0.6) is 0 Å². The second-order valence-corrected chi connectivity index (χ2v) is 2.83. The van der Waals surface area contributed by atoms with Gasteiger partial charge in [0.25, 0.3) is 0 Å². The van der Waals surface area contributed by atoms with Crippen molar-refractivity contribution in [2.75, 3.05) is 0 Å². The number of rotatable bonds is 0. The van der Waals surface area contributed by atoms with Crippen LogP contribution in [0.2, 0.25) is 10.0 Å². The molecule has 0 aliphatic rings. The van der Waals surface area contributed by atoms with Gasteiger partial charge in [0, 0.05) is 5.02 Å². The summed E-state index contributed by atoms with van der Waals surface area (Å²) >= 11 is 11.0. The summed E-state index contributed by atoms with van der Waals surface area (Å²) in [6.45, 7) is 5.77. The lowest BCUT2D eigenvalue weighted by Gasteiger charge is -1.98. The lowest BCUT2D eigenvalue weighted by atomic mass is 10.2. The highest BCUT2D eigenvalue weighted by molar-refractivity contribution is 6.33. The van der Waals surface area contributed by atoms with E-state index in [0.29, 0.717) is 5.02 Å². The summed E-state index contributed by atoms with van der Waals surface area (Å²) in [6.07, 6.45) is 0. The van der Waals surface area contributed by atoms with E-state index >= 15 is 0 Å². The van der Waals surface area contributed by atoms with E-state index in [1.807, 2.05) is 13.8 Å². The Hall–Kier alpha value is -0.270. The molecule has 0 bridgehead atoms. The Morgan fingerprint density at radius 2 is 1.58 bits per heavy atom. The van der Waals surface area contributed by atoms with E-state index in [-0.39, 0.29) is 5.02 Å². The predicted octanol–water partition coefficient (Wildman–Crippen LogP) is 4.47. The Labute approximate surface area is 82.3 Å². The zero-order valence-corrected chi connectivity index (χ0v) is 8.80. The number of hydrogen-bond donors (Lipinski definition) is 0. The largest absolute Gasteiger partial charge is 0.205 e. The predicted molar refractivity (Wildman–Crippen MR) is 52.5 cm³/mol. The number of halogens is 3. The Balaban J connectivity index is 0.000000561. The van der Waals surface area contributed by atoms with Crippen LogP contribution < -0.4 is 0 Å². The maximum absolute atomic E-state index is 12.5. The van der Waals surface area contributed by atoms with E-state index in [1.165, 1.54) is 12.1 Å². The van der Waals surface area contributed by atoms with Crippen LogP contribution in [-0.2, 0) is 0 Å². The van der Waals surface area contributed by atoms with Crippen LogP contribution in [0.1, 0.15) is 19.4 Å². The van der Waals surface area contributed by atoms with Crippen LogP contribution in [0.4, 0.5) is 4.39 Å². The van der Waals surface area contributed by atoms with Gasteiger partial charge in [0.2, 0.25) is 0 Å². The van der Waals surface area contributed by atoms with Gasteiger partial charge in [0.15, 0.2) is 0 Å². The van der Waals surface area contributed by atoms with E-state index < -0.39 is 5.82 Å². The van der Waals surface area contributed by atoms with Crippen molar-refractivity contribution in [1.29, 1.82) is 0 Å². The molecule has 0 aromatic heterocycles. The smallest absolute Gasteiger partial charge is 0.143 e. The summed E-state index contributed by atoms with van der Waals surface area (Å²) in [5, 5.41) is 0.517. The van der Waals surface area contributed by atoms with Gasteiger partial charge >= 0.3 is 0 Å². The maximum atomic E-state index is 12.5. The van der Waals surface area contributed by atoms with Crippen molar-refractivity contribution < 1.29 is 4.39 Å². The van der Waals surface area contributed by atoms with Gasteiger partial charge in [-0.3, -0.25) is 0 Å². The molecule has 0 unspecified atom stereocenters. The third kappa shape index (κ3) is 3.00. The van der Waals surface area contributed by atoms with Crippen LogP contribution in [0, 0.1) is 12.7 Å². The lowest BCUT2D eigenvalue weighted by Crippen LogP contribution is -1.80. The Morgan fingerprint density at radius 1 is 1.08 bits per heavy atom. The first-order chi connectivity index (χ1) is 5.61. The molecule has 0 amide bonds. The van der Waals surface area contributed by atoms with Crippen molar-refractivity contribution in [3.63, 3.8) is 0 Å². The standard InChI is InChI=1S/C7H5Cl2F.C2H6/c1-4-2-6(9)7(10)3-5(4)8;1-2/h2-3H,1H3;1-2H3. The van der Waals surface area contributed by atoms with Gasteiger partial charge in [-0.15, -0.1) is 0 Å². The normalized spacial score (nSPS) is 8.83. The third-order valence-electron chi connectivity index (χ3n) is 1.20. The molecular weight excluding hydrogens is 198 g/mol. The molecule has 0 aliphatic heterocycles. The molecule has 0 saturated carbocycles. The molecule has 0 heterocycles. The average Bonchev–Trinajstić information content (AvgIpc) is 2.05. The van der Waals surface area contributed by atoms with Gasteiger partial charge in [-0.25, -0.2) is 4.39 Å². The fourth-order valence-electron chi connectivity index (χ4n) is 0.622. The molecule has 0 atom stereocenters. The molecule has 0 spiro atoms. The molecule has 12 heavy (non-hydrogen) atoms. The average molecular weight is 209 g/mol. The topological polar surface area (TPSA) is 0 Å². The van der Waals surface area contributed by atoms with Crippen molar-refractivity contribution in [3.8, 4) is 0 Å². The maximum Gasteiger partial charge on any atom is 0.143 e. The van der Waals surface area contributed by atoms with Crippen molar-refractivity contribution in [2.45, 2.75) is 20.8 Å². The second-order valence-electron chi connectivity index (χ2n) is 2.02. The van der Waals surface area contributed by atoms with E-state index in [4.69, 9.17) is 23.2 Å². The Bertz CT molecular complexity index is 209. The fourth-order valence-corrected chi connectivity index (χ4v) is 0.991. The summed E-state index contributed by atoms with van der Waals surface area (Å²) in [5.74, 6) is -0.475. The highest BCUT2D eigenvalue weighted by atomic mass is 35.5. The van der Waals surface area contributed by atoms with Crippen LogP contribution in [0.25, 0.3) is 0 Å². The first-order valence-corrected chi connectivity index (χ1v) is 4.48. The molecular formula is C9H11Cl2F. The van der Waals surface area contributed by atoms with Gasteiger partial charge in [0.1, 0.15) is 5.82 Å². The molecule has 0 saturated heterocycles. The minimum atomic E-state index is -0.475.